The van der Waals surface area contributed by atoms with Crippen molar-refractivity contribution in [2.24, 2.45) is 11.7 Å². The van der Waals surface area contributed by atoms with Crippen LogP contribution in [0.25, 0.3) is 0 Å². The Morgan fingerprint density at radius 2 is 2.14 bits per heavy atom. The third kappa shape index (κ3) is 4.46. The molecule has 21 heavy (non-hydrogen) atoms. The number of rotatable bonds is 5. The predicted molar refractivity (Wildman–Crippen MR) is 84.3 cm³/mol. The van der Waals surface area contributed by atoms with Crippen LogP contribution in [0, 0.1) is 5.92 Å². The third-order valence-corrected chi connectivity index (χ3v) is 4.14. The molecule has 1 aliphatic heterocycles. The lowest BCUT2D eigenvalue weighted by molar-refractivity contribution is -0.132. The summed E-state index contributed by atoms with van der Waals surface area (Å²) < 4.78 is 5.41. The van der Waals surface area contributed by atoms with Gasteiger partial charge in [-0.1, -0.05) is 12.1 Å². The molecule has 1 fully saturated rings. The van der Waals surface area contributed by atoms with Gasteiger partial charge in [0.2, 0.25) is 5.91 Å². The zero-order valence-electron chi connectivity index (χ0n) is 13.0. The van der Waals surface area contributed by atoms with Crippen LogP contribution in [0.4, 0.5) is 0 Å². The Hall–Kier alpha value is -1.55. The second-order valence-corrected chi connectivity index (χ2v) is 5.85. The molecule has 2 unspecified atom stereocenters. The van der Waals surface area contributed by atoms with Crippen molar-refractivity contribution in [1.82, 2.24) is 4.90 Å². The van der Waals surface area contributed by atoms with E-state index < -0.39 is 0 Å². The Labute approximate surface area is 127 Å². The number of amides is 1. The van der Waals surface area contributed by atoms with E-state index in [4.69, 9.17) is 10.5 Å². The maximum absolute atomic E-state index is 12.4. The first kappa shape index (κ1) is 15.8. The monoisotopic (exact) mass is 290 g/mol. The highest BCUT2D eigenvalue weighted by Gasteiger charge is 2.25. The van der Waals surface area contributed by atoms with Gasteiger partial charge in [0, 0.05) is 19.1 Å². The van der Waals surface area contributed by atoms with Crippen molar-refractivity contribution < 1.29 is 9.53 Å². The van der Waals surface area contributed by atoms with Crippen molar-refractivity contribution in [3.8, 4) is 5.75 Å². The summed E-state index contributed by atoms with van der Waals surface area (Å²) in [6.07, 6.45) is 2.64. The van der Waals surface area contributed by atoms with Crippen molar-refractivity contribution in [3.63, 3.8) is 0 Å². The lowest BCUT2D eigenvalue weighted by atomic mass is 9.92. The Kier molecular flexibility index (Phi) is 5.62. The molecule has 0 aliphatic carbocycles. The molecule has 0 aromatic heterocycles. The van der Waals surface area contributed by atoms with Gasteiger partial charge < -0.3 is 15.4 Å². The number of hydrogen-bond acceptors (Lipinski definition) is 3. The van der Waals surface area contributed by atoms with E-state index in [2.05, 4.69) is 0 Å². The summed E-state index contributed by atoms with van der Waals surface area (Å²) in [6, 6.07) is 7.94. The summed E-state index contributed by atoms with van der Waals surface area (Å²) in [7, 11) is 0. The standard InChI is InChI=1S/C17H26N2O2/c1-3-21-16-8-6-14(7-9-16)11-17(20)19-10-4-5-15(12-19)13(2)18/h6-9,13,15H,3-5,10-12,18H2,1-2H3. The first-order chi connectivity index (χ1) is 10.1. The Morgan fingerprint density at radius 3 is 2.76 bits per heavy atom. The van der Waals surface area contributed by atoms with E-state index in [9.17, 15) is 4.79 Å². The van der Waals surface area contributed by atoms with Crippen molar-refractivity contribution in [1.29, 1.82) is 0 Å². The Bertz CT molecular complexity index is 456. The second kappa shape index (κ2) is 7.46. The van der Waals surface area contributed by atoms with E-state index in [1.54, 1.807) is 0 Å². The lowest BCUT2D eigenvalue weighted by Crippen LogP contribution is -2.45. The van der Waals surface area contributed by atoms with Crippen LogP contribution in [-0.2, 0) is 11.2 Å². The fraction of sp³-hybridized carbons (Fsp3) is 0.588. The number of ether oxygens (including phenoxy) is 1. The number of hydrogen-bond donors (Lipinski definition) is 1. The molecule has 0 spiro atoms. The summed E-state index contributed by atoms with van der Waals surface area (Å²) >= 11 is 0. The van der Waals surface area contributed by atoms with Crippen LogP contribution in [0.5, 0.6) is 5.75 Å². The average molecular weight is 290 g/mol. The van der Waals surface area contributed by atoms with Gasteiger partial charge in [0.15, 0.2) is 0 Å². The van der Waals surface area contributed by atoms with E-state index in [0.717, 1.165) is 37.2 Å². The number of nitrogens with two attached hydrogens (primary N) is 1. The van der Waals surface area contributed by atoms with Crippen molar-refractivity contribution in [2.75, 3.05) is 19.7 Å². The van der Waals surface area contributed by atoms with Crippen molar-refractivity contribution in [3.05, 3.63) is 29.8 Å². The summed E-state index contributed by atoms with van der Waals surface area (Å²) in [5.41, 5.74) is 7.01. The quantitative estimate of drug-likeness (QED) is 0.904. The van der Waals surface area contributed by atoms with Crippen LogP contribution in [0.15, 0.2) is 24.3 Å². The molecule has 2 atom stereocenters. The molecular weight excluding hydrogens is 264 g/mol. The molecule has 0 saturated carbocycles. The van der Waals surface area contributed by atoms with Gasteiger partial charge in [0.05, 0.1) is 13.0 Å². The Morgan fingerprint density at radius 1 is 1.43 bits per heavy atom. The highest BCUT2D eigenvalue weighted by molar-refractivity contribution is 5.78. The summed E-state index contributed by atoms with van der Waals surface area (Å²) in [4.78, 5) is 14.4. The van der Waals surface area contributed by atoms with Gasteiger partial charge in [-0.25, -0.2) is 0 Å². The van der Waals surface area contributed by atoms with Crippen LogP contribution in [0.3, 0.4) is 0 Å². The van der Waals surface area contributed by atoms with Crippen molar-refractivity contribution >= 4 is 5.91 Å². The van der Waals surface area contributed by atoms with E-state index >= 15 is 0 Å². The van der Waals surface area contributed by atoms with Crippen molar-refractivity contribution in [2.45, 2.75) is 39.2 Å². The fourth-order valence-electron chi connectivity index (χ4n) is 2.82. The maximum Gasteiger partial charge on any atom is 0.226 e. The highest BCUT2D eigenvalue weighted by atomic mass is 16.5. The molecule has 2 N–H and O–H groups in total. The third-order valence-electron chi connectivity index (χ3n) is 4.14. The van der Waals surface area contributed by atoms with Crippen LogP contribution < -0.4 is 10.5 Å². The van der Waals surface area contributed by atoms with E-state index in [0.29, 0.717) is 18.9 Å². The van der Waals surface area contributed by atoms with E-state index in [1.165, 1.54) is 0 Å². The van der Waals surface area contributed by atoms with Crippen LogP contribution in [0.1, 0.15) is 32.3 Å². The molecule has 2 rings (SSSR count). The molecule has 1 amide bonds. The van der Waals surface area contributed by atoms with Gasteiger partial charge in [-0.05, 0) is 50.3 Å². The van der Waals surface area contributed by atoms with Gasteiger partial charge in [-0.2, -0.15) is 0 Å². The van der Waals surface area contributed by atoms with E-state index in [1.807, 2.05) is 43.0 Å². The largest absolute Gasteiger partial charge is 0.494 e. The Balaban J connectivity index is 1.91. The first-order valence-electron chi connectivity index (χ1n) is 7.85. The van der Waals surface area contributed by atoms with Gasteiger partial charge in [-0.3, -0.25) is 4.79 Å². The molecule has 4 heteroatoms. The number of nitrogens with zero attached hydrogens (tertiary/aromatic N) is 1. The zero-order chi connectivity index (χ0) is 15.2. The number of carbonyl (C=O) groups excluding carboxylic acids is 1. The summed E-state index contributed by atoms with van der Waals surface area (Å²) in [5.74, 6) is 1.48. The minimum absolute atomic E-state index is 0.158. The second-order valence-electron chi connectivity index (χ2n) is 5.85. The predicted octanol–water partition coefficient (Wildman–Crippen LogP) is 2.21. The molecule has 0 bridgehead atoms. The average Bonchev–Trinajstić information content (AvgIpc) is 2.49. The number of carbonyl (C=O) groups is 1. The molecule has 4 nitrogen and oxygen atoms in total. The molecule has 0 radical (unpaired) electrons. The van der Waals surface area contributed by atoms with Crippen LogP contribution >= 0.6 is 0 Å². The molecule has 1 aliphatic rings. The molecular formula is C17H26N2O2. The number of piperidine rings is 1. The van der Waals surface area contributed by atoms with Gasteiger partial charge in [0.1, 0.15) is 5.75 Å². The molecule has 116 valence electrons. The number of likely N-dealkylation sites (tertiary alicyclic amines) is 1. The summed E-state index contributed by atoms with van der Waals surface area (Å²) in [6.45, 7) is 6.31. The van der Waals surface area contributed by atoms with Gasteiger partial charge in [-0.15, -0.1) is 0 Å². The minimum atomic E-state index is 0.158. The molecule has 1 aromatic rings. The minimum Gasteiger partial charge on any atom is -0.494 e. The SMILES string of the molecule is CCOc1ccc(CC(=O)N2CCCC(C(C)N)C2)cc1. The maximum atomic E-state index is 12.4. The van der Waals surface area contributed by atoms with E-state index in [-0.39, 0.29) is 11.9 Å². The van der Waals surface area contributed by atoms with Crippen LogP contribution in [-0.4, -0.2) is 36.5 Å². The van der Waals surface area contributed by atoms with Gasteiger partial charge >= 0.3 is 0 Å². The van der Waals surface area contributed by atoms with Gasteiger partial charge in [0.25, 0.3) is 0 Å². The molecule has 1 saturated heterocycles. The zero-order valence-corrected chi connectivity index (χ0v) is 13.0. The summed E-state index contributed by atoms with van der Waals surface area (Å²) in [5, 5.41) is 0. The molecule has 1 heterocycles. The number of benzene rings is 1. The fourth-order valence-corrected chi connectivity index (χ4v) is 2.82. The first-order valence-corrected chi connectivity index (χ1v) is 7.85. The lowest BCUT2D eigenvalue weighted by Gasteiger charge is -2.34. The topological polar surface area (TPSA) is 55.6 Å². The smallest absolute Gasteiger partial charge is 0.226 e. The highest BCUT2D eigenvalue weighted by Crippen LogP contribution is 2.20. The van der Waals surface area contributed by atoms with Crippen LogP contribution in [0.2, 0.25) is 0 Å². The normalized spacial score (nSPS) is 20.1. The molecule has 1 aromatic carbocycles.